The molecule has 58 valence electrons. The van der Waals surface area contributed by atoms with Crippen LogP contribution in [0, 0.1) is 0 Å². The summed E-state index contributed by atoms with van der Waals surface area (Å²) < 4.78 is 4.24. The van der Waals surface area contributed by atoms with Gasteiger partial charge in [-0.25, -0.2) is 10.2 Å². The summed E-state index contributed by atoms with van der Waals surface area (Å²) in [6, 6.07) is 0. The lowest BCUT2D eigenvalue weighted by Gasteiger charge is -1.96. The highest BCUT2D eigenvalue weighted by atomic mass is 35.5. The summed E-state index contributed by atoms with van der Waals surface area (Å²) in [6.45, 7) is 1.70. The lowest BCUT2D eigenvalue weighted by molar-refractivity contribution is 0.171. The van der Waals surface area contributed by atoms with Gasteiger partial charge in [-0.15, -0.1) is 11.6 Å². The molecule has 0 aliphatic carbocycles. The lowest BCUT2D eigenvalue weighted by atomic mass is 10.5. The van der Waals surface area contributed by atoms with Crippen molar-refractivity contribution in [3.63, 3.8) is 0 Å². The van der Waals surface area contributed by atoms with Crippen molar-refractivity contribution < 1.29 is 9.53 Å². The number of hydrogen-bond acceptors (Lipinski definition) is 3. The van der Waals surface area contributed by atoms with E-state index in [4.69, 9.17) is 11.6 Å². The van der Waals surface area contributed by atoms with E-state index in [0.717, 1.165) is 0 Å². The molecule has 0 aromatic rings. The SMILES string of the molecule is COC(=O)NN=C(C)CCl. The van der Waals surface area contributed by atoms with Gasteiger partial charge in [-0.3, -0.25) is 0 Å². The maximum absolute atomic E-state index is 10.3. The zero-order valence-electron chi connectivity index (χ0n) is 5.85. The quantitative estimate of drug-likeness (QED) is 0.376. The topological polar surface area (TPSA) is 50.7 Å². The zero-order chi connectivity index (χ0) is 7.98. The highest BCUT2D eigenvalue weighted by Crippen LogP contribution is 1.80. The molecule has 0 saturated heterocycles. The van der Waals surface area contributed by atoms with Gasteiger partial charge in [0.25, 0.3) is 0 Å². The number of carbonyl (C=O) groups is 1. The van der Waals surface area contributed by atoms with Crippen LogP contribution in [0.25, 0.3) is 0 Å². The van der Waals surface area contributed by atoms with E-state index in [1.54, 1.807) is 6.92 Å². The van der Waals surface area contributed by atoms with Gasteiger partial charge in [-0.05, 0) is 6.92 Å². The van der Waals surface area contributed by atoms with Gasteiger partial charge in [0, 0.05) is 0 Å². The van der Waals surface area contributed by atoms with Gasteiger partial charge in [0.05, 0.1) is 18.7 Å². The van der Waals surface area contributed by atoms with Crippen LogP contribution in [0.3, 0.4) is 0 Å². The first-order chi connectivity index (χ1) is 4.70. The summed E-state index contributed by atoms with van der Waals surface area (Å²) in [5.41, 5.74) is 2.76. The van der Waals surface area contributed by atoms with Crippen LogP contribution in [0.2, 0.25) is 0 Å². The Morgan fingerprint density at radius 1 is 1.80 bits per heavy atom. The van der Waals surface area contributed by atoms with Crippen molar-refractivity contribution in [1.29, 1.82) is 0 Å². The Labute approximate surface area is 64.2 Å². The van der Waals surface area contributed by atoms with Crippen LogP contribution in [0.5, 0.6) is 0 Å². The van der Waals surface area contributed by atoms with Crippen molar-refractivity contribution in [3.8, 4) is 0 Å². The monoisotopic (exact) mass is 164 g/mol. The molecule has 0 radical (unpaired) electrons. The van der Waals surface area contributed by atoms with Gasteiger partial charge in [-0.1, -0.05) is 0 Å². The van der Waals surface area contributed by atoms with Gasteiger partial charge in [0.1, 0.15) is 0 Å². The van der Waals surface area contributed by atoms with Gasteiger partial charge >= 0.3 is 6.09 Å². The fourth-order valence-corrected chi connectivity index (χ4v) is 0.276. The fraction of sp³-hybridized carbons (Fsp3) is 0.600. The zero-order valence-corrected chi connectivity index (χ0v) is 6.60. The van der Waals surface area contributed by atoms with E-state index < -0.39 is 6.09 Å². The highest BCUT2D eigenvalue weighted by Gasteiger charge is 1.93. The van der Waals surface area contributed by atoms with E-state index in [-0.39, 0.29) is 0 Å². The molecule has 0 aromatic heterocycles. The second-order valence-corrected chi connectivity index (χ2v) is 1.85. The molecule has 0 aliphatic heterocycles. The Kier molecular flexibility index (Phi) is 4.66. The molecule has 0 spiro atoms. The third-order valence-corrected chi connectivity index (χ3v) is 1.10. The number of ether oxygens (including phenoxy) is 1. The third-order valence-electron chi connectivity index (χ3n) is 0.717. The van der Waals surface area contributed by atoms with E-state index in [0.29, 0.717) is 11.6 Å². The molecule has 0 atom stereocenters. The van der Waals surface area contributed by atoms with Gasteiger partial charge in [0.15, 0.2) is 0 Å². The lowest BCUT2D eigenvalue weighted by Crippen LogP contribution is -2.18. The Hall–Kier alpha value is -0.770. The number of rotatable bonds is 2. The maximum Gasteiger partial charge on any atom is 0.427 e. The van der Waals surface area contributed by atoms with Crippen LogP contribution in [-0.4, -0.2) is 24.8 Å². The van der Waals surface area contributed by atoms with Gasteiger partial charge < -0.3 is 4.74 Å². The minimum Gasteiger partial charge on any atom is -0.452 e. The molecule has 0 aromatic carbocycles. The van der Waals surface area contributed by atoms with Gasteiger partial charge in [-0.2, -0.15) is 5.10 Å². The fourth-order valence-electron chi connectivity index (χ4n) is 0.217. The van der Waals surface area contributed by atoms with E-state index in [1.807, 2.05) is 0 Å². The number of nitrogens with one attached hydrogen (secondary N) is 1. The van der Waals surface area contributed by atoms with Crippen LogP contribution in [-0.2, 0) is 4.74 Å². The number of amides is 1. The average Bonchev–Trinajstić information content (AvgIpc) is 1.99. The minimum absolute atomic E-state index is 0.296. The van der Waals surface area contributed by atoms with Crippen LogP contribution in [0.4, 0.5) is 4.79 Å². The number of hydrogen-bond donors (Lipinski definition) is 1. The summed E-state index contributed by atoms with van der Waals surface area (Å²) in [4.78, 5) is 10.3. The Balaban J connectivity index is 3.61. The predicted molar refractivity (Wildman–Crippen MR) is 39.4 cm³/mol. The van der Waals surface area contributed by atoms with Crippen molar-refractivity contribution in [3.05, 3.63) is 0 Å². The van der Waals surface area contributed by atoms with Crippen molar-refractivity contribution >= 4 is 23.4 Å². The Bertz CT molecular complexity index is 147. The molecule has 1 N–H and O–H groups in total. The second-order valence-electron chi connectivity index (χ2n) is 1.58. The molecule has 5 heteroatoms. The van der Waals surface area contributed by atoms with E-state index in [2.05, 4.69) is 15.3 Å². The molecule has 0 unspecified atom stereocenters. The smallest absolute Gasteiger partial charge is 0.427 e. The normalized spacial score (nSPS) is 10.9. The molecular formula is C5H9ClN2O2. The number of hydrazone groups is 1. The van der Waals surface area contributed by atoms with Crippen LogP contribution < -0.4 is 5.43 Å². The number of methoxy groups -OCH3 is 1. The first-order valence-electron chi connectivity index (χ1n) is 2.63. The van der Waals surface area contributed by atoms with Gasteiger partial charge in [0.2, 0.25) is 0 Å². The van der Waals surface area contributed by atoms with Crippen LogP contribution in [0.15, 0.2) is 5.10 Å². The van der Waals surface area contributed by atoms with Crippen molar-refractivity contribution in [2.75, 3.05) is 13.0 Å². The number of carbonyl (C=O) groups excluding carboxylic acids is 1. The first-order valence-corrected chi connectivity index (χ1v) is 3.17. The molecule has 0 aliphatic rings. The number of halogens is 1. The summed E-state index contributed by atoms with van der Waals surface area (Å²) in [5, 5.41) is 3.57. The van der Waals surface area contributed by atoms with Crippen molar-refractivity contribution in [1.82, 2.24) is 5.43 Å². The van der Waals surface area contributed by atoms with Crippen molar-refractivity contribution in [2.45, 2.75) is 6.92 Å². The minimum atomic E-state index is -0.593. The number of nitrogens with zero attached hydrogens (tertiary/aromatic N) is 1. The molecule has 10 heavy (non-hydrogen) atoms. The summed E-state index contributed by atoms with van der Waals surface area (Å²) >= 11 is 5.36. The van der Waals surface area contributed by atoms with E-state index >= 15 is 0 Å². The predicted octanol–water partition coefficient (Wildman–Crippen LogP) is 0.957. The summed E-state index contributed by atoms with van der Waals surface area (Å²) in [6.07, 6.45) is -0.593. The highest BCUT2D eigenvalue weighted by molar-refractivity contribution is 6.28. The average molecular weight is 165 g/mol. The summed E-state index contributed by atoms with van der Waals surface area (Å²) in [7, 11) is 1.26. The molecule has 4 nitrogen and oxygen atoms in total. The molecular weight excluding hydrogens is 156 g/mol. The number of alkyl halides is 1. The molecule has 0 bridgehead atoms. The van der Waals surface area contributed by atoms with Crippen molar-refractivity contribution in [2.24, 2.45) is 5.10 Å². The first kappa shape index (κ1) is 9.23. The molecule has 0 heterocycles. The summed E-state index contributed by atoms with van der Waals surface area (Å²) in [5.74, 6) is 0.296. The van der Waals surface area contributed by atoms with Crippen LogP contribution >= 0.6 is 11.6 Å². The third kappa shape index (κ3) is 4.14. The molecule has 0 fully saturated rings. The maximum atomic E-state index is 10.3. The second kappa shape index (κ2) is 5.05. The Morgan fingerprint density at radius 3 is 2.80 bits per heavy atom. The van der Waals surface area contributed by atoms with E-state index in [9.17, 15) is 4.79 Å². The molecule has 0 rings (SSSR count). The molecule has 0 saturated carbocycles. The molecule has 1 amide bonds. The van der Waals surface area contributed by atoms with Crippen LogP contribution in [0.1, 0.15) is 6.92 Å². The largest absolute Gasteiger partial charge is 0.452 e. The van der Waals surface area contributed by atoms with E-state index in [1.165, 1.54) is 7.11 Å². The standard InChI is InChI=1S/C5H9ClN2O2/c1-4(3-6)7-8-5(9)10-2/h3H2,1-2H3,(H,8,9). The Morgan fingerprint density at radius 2 is 2.40 bits per heavy atom.